The van der Waals surface area contributed by atoms with Gasteiger partial charge in [0, 0.05) is 11.1 Å². The Morgan fingerprint density at radius 2 is 2.00 bits per heavy atom. The molecule has 4 heteroatoms. The van der Waals surface area contributed by atoms with Crippen LogP contribution in [-0.4, -0.2) is 10.1 Å². The zero-order valence-corrected chi connectivity index (χ0v) is 13.6. The van der Waals surface area contributed by atoms with Gasteiger partial charge in [0.1, 0.15) is 5.75 Å². The van der Waals surface area contributed by atoms with E-state index >= 15 is 0 Å². The number of hydrogen-bond acceptors (Lipinski definition) is 3. The van der Waals surface area contributed by atoms with Gasteiger partial charge in [0.2, 0.25) is 0 Å². The molecule has 0 aliphatic carbocycles. The van der Waals surface area contributed by atoms with Crippen molar-refractivity contribution in [1.82, 2.24) is 4.98 Å². The van der Waals surface area contributed by atoms with Crippen LogP contribution in [0.2, 0.25) is 0 Å². The van der Waals surface area contributed by atoms with Crippen LogP contribution in [-0.2, 0) is 11.8 Å². The first-order valence-electron chi connectivity index (χ1n) is 7.75. The summed E-state index contributed by atoms with van der Waals surface area (Å²) < 4.78 is 0. The molecule has 1 heterocycles. The molecular formula is C20H18N2O2. The van der Waals surface area contributed by atoms with E-state index in [-0.39, 0.29) is 11.3 Å². The van der Waals surface area contributed by atoms with Gasteiger partial charge in [-0.25, -0.2) is 0 Å². The summed E-state index contributed by atoms with van der Waals surface area (Å²) in [6.07, 6.45) is 0.472. The van der Waals surface area contributed by atoms with Gasteiger partial charge in [-0.3, -0.25) is 4.79 Å². The number of phenolic OH excluding ortho intramolecular Hbond substituents is 1. The Bertz CT molecular complexity index is 1010. The van der Waals surface area contributed by atoms with Gasteiger partial charge in [0.05, 0.1) is 11.5 Å². The Hall–Kier alpha value is -3.06. The third-order valence-electron chi connectivity index (χ3n) is 4.38. The highest BCUT2D eigenvalue weighted by Gasteiger charge is 2.27. The molecule has 0 spiro atoms. The summed E-state index contributed by atoms with van der Waals surface area (Å²) in [4.78, 5) is 14.7. The minimum absolute atomic E-state index is 0.119. The highest BCUT2D eigenvalue weighted by Crippen LogP contribution is 2.30. The first-order chi connectivity index (χ1) is 11.4. The van der Waals surface area contributed by atoms with Gasteiger partial charge in [-0.15, -0.1) is 0 Å². The number of nitrogens with zero attached hydrogens (tertiary/aromatic N) is 1. The zero-order chi connectivity index (χ0) is 17.3. The zero-order valence-electron chi connectivity index (χ0n) is 13.6. The first-order valence-corrected chi connectivity index (χ1v) is 7.75. The number of aryl methyl sites for hydroxylation is 1. The van der Waals surface area contributed by atoms with Crippen LogP contribution >= 0.6 is 0 Å². The van der Waals surface area contributed by atoms with Gasteiger partial charge in [-0.1, -0.05) is 24.3 Å². The molecule has 0 aliphatic heterocycles. The minimum Gasteiger partial charge on any atom is -0.508 e. The summed E-state index contributed by atoms with van der Waals surface area (Å²) in [6, 6.07) is 16.9. The molecule has 0 radical (unpaired) electrons. The van der Waals surface area contributed by atoms with Crippen molar-refractivity contribution in [2.75, 3.05) is 0 Å². The van der Waals surface area contributed by atoms with Gasteiger partial charge in [0.15, 0.2) is 0 Å². The third kappa shape index (κ3) is 2.89. The van der Waals surface area contributed by atoms with Crippen molar-refractivity contribution in [2.45, 2.75) is 25.7 Å². The predicted octanol–water partition coefficient (Wildman–Crippen LogP) is 3.57. The van der Waals surface area contributed by atoms with Crippen molar-refractivity contribution in [3.8, 4) is 11.8 Å². The molecule has 1 aromatic heterocycles. The lowest BCUT2D eigenvalue weighted by Crippen LogP contribution is -2.23. The van der Waals surface area contributed by atoms with Crippen molar-refractivity contribution in [1.29, 1.82) is 5.26 Å². The van der Waals surface area contributed by atoms with Gasteiger partial charge in [0.25, 0.3) is 5.56 Å². The fourth-order valence-electron chi connectivity index (χ4n) is 2.93. The van der Waals surface area contributed by atoms with E-state index in [2.05, 4.69) is 11.1 Å². The maximum atomic E-state index is 11.8. The molecule has 2 N–H and O–H groups in total. The Balaban J connectivity index is 2.07. The molecule has 3 rings (SSSR count). The van der Waals surface area contributed by atoms with Crippen LogP contribution in [0.3, 0.4) is 0 Å². The number of phenols is 1. The van der Waals surface area contributed by atoms with Gasteiger partial charge in [-0.2, -0.15) is 5.26 Å². The number of aromatic amines is 1. The van der Waals surface area contributed by atoms with Crippen LogP contribution in [0.5, 0.6) is 5.75 Å². The van der Waals surface area contributed by atoms with E-state index in [9.17, 15) is 15.2 Å². The molecular weight excluding hydrogens is 300 g/mol. The van der Waals surface area contributed by atoms with E-state index in [0.717, 1.165) is 22.0 Å². The van der Waals surface area contributed by atoms with E-state index in [1.807, 2.05) is 37.3 Å². The SMILES string of the molecule is Cc1cc2ccc(C(C)(C#N)Cc3cccc(O)c3)cc2[nH]c1=O. The van der Waals surface area contributed by atoms with E-state index in [4.69, 9.17) is 0 Å². The fraction of sp³-hybridized carbons (Fsp3) is 0.200. The number of pyridine rings is 1. The number of H-pyrrole nitrogens is 1. The maximum absolute atomic E-state index is 11.8. The van der Waals surface area contributed by atoms with Crippen LogP contribution in [0.15, 0.2) is 53.3 Å². The second kappa shape index (κ2) is 5.86. The third-order valence-corrected chi connectivity index (χ3v) is 4.38. The second-order valence-corrected chi connectivity index (χ2v) is 6.37. The largest absolute Gasteiger partial charge is 0.508 e. The summed E-state index contributed by atoms with van der Waals surface area (Å²) in [7, 11) is 0. The lowest BCUT2D eigenvalue weighted by Gasteiger charge is -2.23. The van der Waals surface area contributed by atoms with E-state index in [1.54, 1.807) is 25.1 Å². The molecule has 0 bridgehead atoms. The van der Waals surface area contributed by atoms with E-state index in [1.165, 1.54) is 0 Å². The van der Waals surface area contributed by atoms with Crippen LogP contribution in [0.25, 0.3) is 10.9 Å². The summed E-state index contributed by atoms with van der Waals surface area (Å²) in [5.41, 5.74) is 2.23. The maximum Gasteiger partial charge on any atom is 0.251 e. The predicted molar refractivity (Wildman–Crippen MR) is 94.1 cm³/mol. The van der Waals surface area contributed by atoms with Crippen molar-refractivity contribution in [2.24, 2.45) is 0 Å². The van der Waals surface area contributed by atoms with Crippen molar-refractivity contribution in [3.63, 3.8) is 0 Å². The molecule has 0 saturated carbocycles. The molecule has 0 aliphatic rings. The highest BCUT2D eigenvalue weighted by molar-refractivity contribution is 5.80. The number of nitrogens with one attached hydrogen (secondary N) is 1. The quantitative estimate of drug-likeness (QED) is 0.775. The Labute approximate surface area is 140 Å². The lowest BCUT2D eigenvalue weighted by molar-refractivity contribution is 0.473. The number of aromatic hydroxyl groups is 1. The lowest BCUT2D eigenvalue weighted by atomic mass is 9.78. The molecule has 1 atom stereocenters. The number of aromatic nitrogens is 1. The van der Waals surface area contributed by atoms with Crippen LogP contribution < -0.4 is 5.56 Å². The molecule has 0 amide bonds. The molecule has 120 valence electrons. The summed E-state index contributed by atoms with van der Waals surface area (Å²) in [5, 5.41) is 20.3. The topological polar surface area (TPSA) is 76.9 Å². The number of rotatable bonds is 3. The Kier molecular flexibility index (Phi) is 3.86. The Morgan fingerprint density at radius 1 is 1.21 bits per heavy atom. The standard InChI is InChI=1S/C20H18N2O2/c1-13-8-15-6-7-16(10-18(15)22-19(13)24)20(2,12-21)11-14-4-3-5-17(23)9-14/h3-10,23H,11H2,1-2H3,(H,22,24). The molecule has 2 aromatic carbocycles. The number of fused-ring (bicyclic) bond motifs is 1. The molecule has 3 aromatic rings. The van der Waals surface area contributed by atoms with Crippen molar-refractivity contribution >= 4 is 10.9 Å². The van der Waals surface area contributed by atoms with Crippen LogP contribution in [0.4, 0.5) is 0 Å². The number of nitriles is 1. The smallest absolute Gasteiger partial charge is 0.251 e. The Morgan fingerprint density at radius 3 is 2.71 bits per heavy atom. The molecule has 24 heavy (non-hydrogen) atoms. The van der Waals surface area contributed by atoms with Crippen LogP contribution in [0, 0.1) is 18.3 Å². The van der Waals surface area contributed by atoms with Crippen molar-refractivity contribution < 1.29 is 5.11 Å². The van der Waals surface area contributed by atoms with Gasteiger partial charge in [-0.05, 0) is 61.0 Å². The highest BCUT2D eigenvalue weighted by atomic mass is 16.3. The molecule has 0 saturated heterocycles. The number of benzene rings is 2. The average molecular weight is 318 g/mol. The normalized spacial score (nSPS) is 13.4. The second-order valence-electron chi connectivity index (χ2n) is 6.37. The van der Waals surface area contributed by atoms with Gasteiger partial charge >= 0.3 is 0 Å². The molecule has 1 unspecified atom stereocenters. The average Bonchev–Trinajstić information content (AvgIpc) is 2.55. The monoisotopic (exact) mass is 318 g/mol. The van der Waals surface area contributed by atoms with E-state index < -0.39 is 5.41 Å². The molecule has 0 fully saturated rings. The van der Waals surface area contributed by atoms with Gasteiger partial charge < -0.3 is 10.1 Å². The summed E-state index contributed by atoms with van der Waals surface area (Å²) in [5.74, 6) is 0.186. The number of hydrogen-bond donors (Lipinski definition) is 2. The fourth-order valence-corrected chi connectivity index (χ4v) is 2.93. The first kappa shape index (κ1) is 15.8. The summed E-state index contributed by atoms with van der Waals surface area (Å²) >= 11 is 0. The van der Waals surface area contributed by atoms with Crippen molar-refractivity contribution in [3.05, 3.63) is 75.6 Å². The van der Waals surface area contributed by atoms with Crippen LogP contribution in [0.1, 0.15) is 23.6 Å². The van der Waals surface area contributed by atoms with E-state index in [0.29, 0.717) is 12.0 Å². The molecule has 4 nitrogen and oxygen atoms in total. The summed E-state index contributed by atoms with van der Waals surface area (Å²) in [6.45, 7) is 3.64. The minimum atomic E-state index is -0.760.